The summed E-state index contributed by atoms with van der Waals surface area (Å²) in [7, 11) is 0. The van der Waals surface area contributed by atoms with Gasteiger partial charge in [0, 0.05) is 12.0 Å². The van der Waals surface area contributed by atoms with Gasteiger partial charge in [-0.2, -0.15) is 0 Å². The number of benzene rings is 1. The van der Waals surface area contributed by atoms with Gasteiger partial charge in [0.1, 0.15) is 5.82 Å². The van der Waals surface area contributed by atoms with Gasteiger partial charge in [0.25, 0.3) is 17.4 Å². The molecule has 1 aliphatic carbocycles. The van der Waals surface area contributed by atoms with E-state index in [2.05, 4.69) is 5.32 Å². The van der Waals surface area contributed by atoms with Gasteiger partial charge in [-0.15, -0.1) is 11.3 Å². The Morgan fingerprint density at radius 3 is 2.64 bits per heavy atom. The van der Waals surface area contributed by atoms with E-state index >= 15 is 0 Å². The van der Waals surface area contributed by atoms with Crippen molar-refractivity contribution >= 4 is 39.2 Å². The number of nitrogen functional groups attached to an aromatic ring is 1. The zero-order valence-electron chi connectivity index (χ0n) is 15.0. The third-order valence-corrected chi connectivity index (χ3v) is 6.74. The van der Waals surface area contributed by atoms with Crippen molar-refractivity contribution in [2.75, 3.05) is 5.73 Å². The van der Waals surface area contributed by atoms with E-state index in [4.69, 9.17) is 10.7 Å². The molecule has 0 saturated heterocycles. The Kier molecular flexibility index (Phi) is 3.83. The fourth-order valence-electron chi connectivity index (χ4n) is 4.14. The molecule has 142 valence electrons. The first-order valence-electron chi connectivity index (χ1n) is 9.35. The third kappa shape index (κ3) is 2.56. The van der Waals surface area contributed by atoms with Crippen LogP contribution in [0.3, 0.4) is 0 Å². The predicted octanol–water partition coefficient (Wildman–Crippen LogP) is 2.96. The largest absolute Gasteiger partial charge is 0.384 e. The van der Waals surface area contributed by atoms with E-state index in [-0.39, 0.29) is 16.9 Å². The van der Waals surface area contributed by atoms with Gasteiger partial charge in [0.05, 0.1) is 32.0 Å². The average Bonchev–Trinajstić information content (AvgIpc) is 3.23. The maximum Gasteiger partial charge on any atom is 0.262 e. The lowest BCUT2D eigenvalue weighted by molar-refractivity contribution is 0.0880. The zero-order chi connectivity index (χ0) is 19.4. The van der Waals surface area contributed by atoms with E-state index in [0.29, 0.717) is 11.6 Å². The number of carbonyl (C=O) groups is 2. The number of thiazole rings is 1. The maximum absolute atomic E-state index is 12.6. The number of imide groups is 1. The standard InChI is InChI=1S/C20H18N4O3S/c21-17-16-12(18(26)23-19(16)27)9-15(25)24(17)11-6-7-13-14(8-11)28-20(22-13)10-4-2-1-3-5-10/h6-10H,1-5,21H2,(H,23,26,27). The molecular weight excluding hydrogens is 376 g/mol. The van der Waals surface area contributed by atoms with Crippen molar-refractivity contribution in [3.63, 3.8) is 0 Å². The zero-order valence-corrected chi connectivity index (χ0v) is 15.8. The third-order valence-electron chi connectivity index (χ3n) is 5.55. The predicted molar refractivity (Wildman–Crippen MR) is 107 cm³/mol. The van der Waals surface area contributed by atoms with E-state index < -0.39 is 17.4 Å². The molecule has 0 unspecified atom stereocenters. The van der Waals surface area contributed by atoms with Gasteiger partial charge in [-0.3, -0.25) is 24.3 Å². The van der Waals surface area contributed by atoms with Crippen LogP contribution < -0.4 is 16.6 Å². The molecule has 2 amide bonds. The second-order valence-corrected chi connectivity index (χ2v) is 8.38. The molecule has 3 N–H and O–H groups in total. The summed E-state index contributed by atoms with van der Waals surface area (Å²) in [5, 5.41) is 3.32. The van der Waals surface area contributed by atoms with Crippen molar-refractivity contribution in [1.82, 2.24) is 14.9 Å². The summed E-state index contributed by atoms with van der Waals surface area (Å²) >= 11 is 1.65. The topological polar surface area (TPSA) is 107 Å². The van der Waals surface area contributed by atoms with Gasteiger partial charge < -0.3 is 5.73 Å². The van der Waals surface area contributed by atoms with E-state index in [9.17, 15) is 14.4 Å². The molecule has 28 heavy (non-hydrogen) atoms. The fourth-order valence-corrected chi connectivity index (χ4v) is 5.31. The second-order valence-electron chi connectivity index (χ2n) is 7.31. The van der Waals surface area contributed by atoms with Crippen LogP contribution in [0.5, 0.6) is 0 Å². The second kappa shape index (κ2) is 6.27. The minimum Gasteiger partial charge on any atom is -0.384 e. The van der Waals surface area contributed by atoms with Crippen molar-refractivity contribution in [3.05, 3.63) is 50.8 Å². The van der Waals surface area contributed by atoms with Crippen molar-refractivity contribution < 1.29 is 9.59 Å². The summed E-state index contributed by atoms with van der Waals surface area (Å²) in [5.74, 6) is -0.685. The molecule has 0 spiro atoms. The molecule has 0 atom stereocenters. The van der Waals surface area contributed by atoms with Crippen molar-refractivity contribution in [2.24, 2.45) is 0 Å². The van der Waals surface area contributed by atoms with Crippen molar-refractivity contribution in [2.45, 2.75) is 38.0 Å². The number of nitrogens with zero attached hydrogens (tertiary/aromatic N) is 2. The summed E-state index contributed by atoms with van der Waals surface area (Å²) in [6, 6.07) is 6.68. The van der Waals surface area contributed by atoms with Gasteiger partial charge in [-0.25, -0.2) is 4.98 Å². The van der Waals surface area contributed by atoms with Crippen LogP contribution in [0, 0.1) is 0 Å². The van der Waals surface area contributed by atoms with Crippen LogP contribution in [-0.4, -0.2) is 21.4 Å². The minimum atomic E-state index is -0.592. The number of nitrogens with one attached hydrogen (secondary N) is 1. The highest BCUT2D eigenvalue weighted by atomic mass is 32.1. The summed E-state index contributed by atoms with van der Waals surface area (Å²) in [6.07, 6.45) is 6.13. The normalized spacial score (nSPS) is 17.1. The van der Waals surface area contributed by atoms with Gasteiger partial charge in [0.15, 0.2) is 0 Å². The summed E-state index contributed by atoms with van der Waals surface area (Å²) in [5.41, 5.74) is 7.22. The van der Waals surface area contributed by atoms with Crippen LogP contribution >= 0.6 is 11.3 Å². The lowest BCUT2D eigenvalue weighted by Gasteiger charge is -2.18. The van der Waals surface area contributed by atoms with Crippen LogP contribution in [0.15, 0.2) is 29.1 Å². The number of rotatable bonds is 2. The number of anilines is 1. The molecule has 2 aromatic heterocycles. The lowest BCUT2D eigenvalue weighted by Crippen LogP contribution is -2.24. The molecule has 3 heterocycles. The van der Waals surface area contributed by atoms with Crippen LogP contribution in [0.1, 0.15) is 63.7 Å². The first-order chi connectivity index (χ1) is 13.5. The molecule has 0 radical (unpaired) electrons. The Bertz CT molecular complexity index is 1200. The average molecular weight is 394 g/mol. The van der Waals surface area contributed by atoms with Crippen LogP contribution in [0.4, 0.5) is 5.82 Å². The number of amides is 2. The van der Waals surface area contributed by atoms with Crippen molar-refractivity contribution in [3.8, 4) is 5.69 Å². The number of hydrogen-bond donors (Lipinski definition) is 2. The number of aromatic nitrogens is 2. The molecular formula is C20H18N4O3S. The molecule has 1 saturated carbocycles. The van der Waals surface area contributed by atoms with Crippen LogP contribution in [0.25, 0.3) is 15.9 Å². The quantitative estimate of drug-likeness (QED) is 0.650. The smallest absolute Gasteiger partial charge is 0.262 e. The molecule has 7 nitrogen and oxygen atoms in total. The van der Waals surface area contributed by atoms with Crippen LogP contribution in [-0.2, 0) is 0 Å². The van der Waals surface area contributed by atoms with E-state index in [1.54, 1.807) is 17.4 Å². The number of carbonyl (C=O) groups excluding carboxylic acids is 2. The Morgan fingerprint density at radius 2 is 1.86 bits per heavy atom. The highest BCUT2D eigenvalue weighted by molar-refractivity contribution is 7.18. The molecule has 3 aromatic rings. The molecule has 8 heteroatoms. The molecule has 0 bridgehead atoms. The Balaban J connectivity index is 1.62. The number of pyridine rings is 1. The van der Waals surface area contributed by atoms with Crippen molar-refractivity contribution in [1.29, 1.82) is 0 Å². The number of hydrogen-bond acceptors (Lipinski definition) is 6. The number of fused-ring (bicyclic) bond motifs is 2. The minimum absolute atomic E-state index is 0.0257. The van der Waals surface area contributed by atoms with E-state index in [1.807, 2.05) is 12.1 Å². The van der Waals surface area contributed by atoms with Gasteiger partial charge >= 0.3 is 0 Å². The van der Waals surface area contributed by atoms with Gasteiger partial charge in [-0.1, -0.05) is 19.3 Å². The lowest BCUT2D eigenvalue weighted by atomic mass is 9.90. The number of nitrogens with two attached hydrogens (primary N) is 1. The summed E-state index contributed by atoms with van der Waals surface area (Å²) in [6.45, 7) is 0. The first-order valence-corrected chi connectivity index (χ1v) is 10.2. The van der Waals surface area contributed by atoms with Crippen LogP contribution in [0.2, 0.25) is 0 Å². The fraction of sp³-hybridized carbons (Fsp3) is 0.300. The molecule has 1 aromatic carbocycles. The maximum atomic E-state index is 12.6. The molecule has 1 aliphatic heterocycles. The Hall–Kier alpha value is -3.00. The molecule has 2 aliphatic rings. The highest BCUT2D eigenvalue weighted by Crippen LogP contribution is 2.37. The first kappa shape index (κ1) is 17.1. The monoisotopic (exact) mass is 394 g/mol. The van der Waals surface area contributed by atoms with E-state index in [1.165, 1.54) is 36.7 Å². The van der Waals surface area contributed by atoms with Gasteiger partial charge in [-0.05, 0) is 31.0 Å². The summed E-state index contributed by atoms with van der Waals surface area (Å²) < 4.78 is 2.25. The molecule has 1 fully saturated rings. The van der Waals surface area contributed by atoms with E-state index in [0.717, 1.165) is 21.3 Å². The SMILES string of the molecule is Nc1c2c(cc(=O)n1-c1ccc3nc(C4CCCCC4)sc3c1)C(=O)NC2=O. The Labute approximate surface area is 164 Å². The highest BCUT2D eigenvalue weighted by Gasteiger charge is 2.32. The Morgan fingerprint density at radius 1 is 1.07 bits per heavy atom. The molecule has 5 rings (SSSR count). The summed E-state index contributed by atoms with van der Waals surface area (Å²) in [4.78, 5) is 41.3. The van der Waals surface area contributed by atoms with Gasteiger partial charge in [0.2, 0.25) is 0 Å².